The molecule has 0 bridgehead atoms. The summed E-state index contributed by atoms with van der Waals surface area (Å²) < 4.78 is 1.03. The number of fused-ring (bicyclic) bond motifs is 1. The number of benzene rings is 1. The van der Waals surface area contributed by atoms with Crippen LogP contribution in [-0.2, 0) is 6.42 Å². The molecule has 1 aliphatic carbocycles. The van der Waals surface area contributed by atoms with Crippen LogP contribution >= 0.6 is 15.9 Å². The lowest BCUT2D eigenvalue weighted by Gasteiger charge is -2.19. The first-order valence-corrected chi connectivity index (χ1v) is 5.21. The maximum atomic E-state index is 10.6. The van der Waals surface area contributed by atoms with Gasteiger partial charge in [0.25, 0.3) is 0 Å². The van der Waals surface area contributed by atoms with E-state index in [1.54, 1.807) is 0 Å². The van der Waals surface area contributed by atoms with Crippen molar-refractivity contribution < 1.29 is 0 Å². The van der Waals surface area contributed by atoms with Gasteiger partial charge in [0.05, 0.1) is 0 Å². The third-order valence-corrected chi connectivity index (χ3v) is 3.01. The number of hydrogen-bond donors (Lipinski definition) is 0. The number of rotatable bonds is 1. The van der Waals surface area contributed by atoms with Crippen molar-refractivity contribution in [1.29, 1.82) is 0 Å². The van der Waals surface area contributed by atoms with Crippen LogP contribution < -0.4 is 0 Å². The van der Waals surface area contributed by atoms with E-state index >= 15 is 0 Å². The summed E-state index contributed by atoms with van der Waals surface area (Å²) in [6.07, 6.45) is 3.05. The van der Waals surface area contributed by atoms with Gasteiger partial charge in [-0.2, -0.15) is 4.91 Å². The van der Waals surface area contributed by atoms with Gasteiger partial charge in [-0.3, -0.25) is 0 Å². The third kappa shape index (κ3) is 1.66. The summed E-state index contributed by atoms with van der Waals surface area (Å²) in [5.74, 6) is 0. The van der Waals surface area contributed by atoms with E-state index in [0.29, 0.717) is 0 Å². The number of nitroso groups, excluding NO2 is 1. The Balaban J connectivity index is 2.47. The van der Waals surface area contributed by atoms with Gasteiger partial charge in [0.1, 0.15) is 6.04 Å². The maximum absolute atomic E-state index is 10.6. The van der Waals surface area contributed by atoms with Crippen molar-refractivity contribution in [2.75, 3.05) is 0 Å². The van der Waals surface area contributed by atoms with Crippen molar-refractivity contribution in [2.45, 2.75) is 25.3 Å². The van der Waals surface area contributed by atoms with Crippen LogP contribution in [0.4, 0.5) is 0 Å². The molecule has 0 N–H and O–H groups in total. The maximum Gasteiger partial charge on any atom is 0.117 e. The second-order valence-electron chi connectivity index (χ2n) is 3.36. The van der Waals surface area contributed by atoms with E-state index in [0.717, 1.165) is 29.3 Å². The highest BCUT2D eigenvalue weighted by molar-refractivity contribution is 9.10. The Hall–Kier alpha value is -0.700. The zero-order valence-corrected chi connectivity index (χ0v) is 8.75. The predicted octanol–water partition coefficient (Wildman–Crippen LogP) is 3.59. The van der Waals surface area contributed by atoms with Crippen molar-refractivity contribution >= 4 is 15.9 Å². The van der Waals surface area contributed by atoms with Crippen LogP contribution in [-0.4, -0.2) is 0 Å². The third-order valence-electron chi connectivity index (χ3n) is 2.52. The molecule has 2 rings (SSSR count). The minimum Gasteiger partial charge on any atom is -0.150 e. The van der Waals surface area contributed by atoms with Crippen LogP contribution in [0.25, 0.3) is 0 Å². The molecule has 1 unspecified atom stereocenters. The van der Waals surface area contributed by atoms with E-state index in [4.69, 9.17) is 0 Å². The lowest BCUT2D eigenvalue weighted by molar-refractivity contribution is 0.569. The minimum atomic E-state index is -0.124. The molecule has 3 heteroatoms. The summed E-state index contributed by atoms with van der Waals surface area (Å²) in [7, 11) is 0. The molecule has 0 radical (unpaired) electrons. The SMILES string of the molecule is O=NC1CCCc2ccc(Br)cc21. The first-order valence-electron chi connectivity index (χ1n) is 4.42. The lowest BCUT2D eigenvalue weighted by atomic mass is 9.88. The van der Waals surface area contributed by atoms with Crippen LogP contribution in [0.2, 0.25) is 0 Å². The lowest BCUT2D eigenvalue weighted by Crippen LogP contribution is -2.07. The monoisotopic (exact) mass is 239 g/mol. The second kappa shape index (κ2) is 3.58. The van der Waals surface area contributed by atoms with Crippen molar-refractivity contribution in [3.8, 4) is 0 Å². The first kappa shape index (κ1) is 8.88. The molecule has 0 amide bonds. The molecule has 2 nitrogen and oxygen atoms in total. The molecule has 1 aromatic carbocycles. The molecule has 1 aliphatic rings. The predicted molar refractivity (Wildman–Crippen MR) is 55.6 cm³/mol. The highest BCUT2D eigenvalue weighted by Gasteiger charge is 2.20. The first-order chi connectivity index (χ1) is 6.31. The number of aryl methyl sites for hydroxylation is 1. The molecule has 0 aromatic heterocycles. The summed E-state index contributed by atoms with van der Waals surface area (Å²) in [4.78, 5) is 10.6. The molecule has 68 valence electrons. The van der Waals surface area contributed by atoms with Gasteiger partial charge in [0, 0.05) is 4.47 Å². The normalized spacial score (nSPS) is 20.8. The van der Waals surface area contributed by atoms with Gasteiger partial charge >= 0.3 is 0 Å². The zero-order chi connectivity index (χ0) is 9.26. The molecule has 0 saturated heterocycles. The topological polar surface area (TPSA) is 29.4 Å². The molecule has 0 aliphatic heterocycles. The standard InChI is InChI=1S/C10H10BrNO/c11-8-5-4-7-2-1-3-10(12-13)9(7)6-8/h4-6,10H,1-3H2. The van der Waals surface area contributed by atoms with Crippen LogP contribution in [0, 0.1) is 4.91 Å². The van der Waals surface area contributed by atoms with Gasteiger partial charge in [-0.05, 0) is 42.5 Å². The van der Waals surface area contributed by atoms with Crippen molar-refractivity contribution in [2.24, 2.45) is 5.18 Å². The quantitative estimate of drug-likeness (QED) is 0.689. The Kier molecular flexibility index (Phi) is 2.44. The van der Waals surface area contributed by atoms with Gasteiger partial charge in [-0.15, -0.1) is 0 Å². The molecule has 0 fully saturated rings. The zero-order valence-electron chi connectivity index (χ0n) is 7.16. The smallest absolute Gasteiger partial charge is 0.117 e. The summed E-state index contributed by atoms with van der Waals surface area (Å²) in [6, 6.07) is 5.99. The van der Waals surface area contributed by atoms with E-state index < -0.39 is 0 Å². The van der Waals surface area contributed by atoms with E-state index in [1.165, 1.54) is 5.56 Å². The number of halogens is 1. The van der Waals surface area contributed by atoms with E-state index in [2.05, 4.69) is 27.2 Å². The summed E-state index contributed by atoms with van der Waals surface area (Å²) in [5.41, 5.74) is 2.38. The van der Waals surface area contributed by atoms with Crippen molar-refractivity contribution in [3.05, 3.63) is 38.7 Å². The Morgan fingerprint density at radius 3 is 3.08 bits per heavy atom. The minimum absolute atomic E-state index is 0.124. The average Bonchev–Trinajstić information content (AvgIpc) is 2.17. The van der Waals surface area contributed by atoms with Crippen LogP contribution in [0.15, 0.2) is 27.8 Å². The fraction of sp³-hybridized carbons (Fsp3) is 0.400. The molecular weight excluding hydrogens is 230 g/mol. The fourth-order valence-corrected chi connectivity index (χ4v) is 2.23. The Morgan fingerprint density at radius 2 is 2.31 bits per heavy atom. The van der Waals surface area contributed by atoms with Gasteiger partial charge in [0.2, 0.25) is 0 Å². The number of hydrogen-bond acceptors (Lipinski definition) is 2. The van der Waals surface area contributed by atoms with Crippen LogP contribution in [0.1, 0.15) is 30.0 Å². The van der Waals surface area contributed by atoms with E-state index in [9.17, 15) is 4.91 Å². The highest BCUT2D eigenvalue weighted by atomic mass is 79.9. The summed E-state index contributed by atoms with van der Waals surface area (Å²) in [6.45, 7) is 0. The molecule has 1 aromatic rings. The van der Waals surface area contributed by atoms with Gasteiger partial charge < -0.3 is 0 Å². The van der Waals surface area contributed by atoms with Gasteiger partial charge in [-0.1, -0.05) is 27.2 Å². The van der Waals surface area contributed by atoms with Gasteiger partial charge in [-0.25, -0.2) is 0 Å². The Labute approximate surface area is 85.4 Å². The highest BCUT2D eigenvalue weighted by Crippen LogP contribution is 2.33. The van der Waals surface area contributed by atoms with Gasteiger partial charge in [0.15, 0.2) is 0 Å². The largest absolute Gasteiger partial charge is 0.150 e. The molecule has 0 spiro atoms. The van der Waals surface area contributed by atoms with Crippen LogP contribution in [0.3, 0.4) is 0 Å². The van der Waals surface area contributed by atoms with E-state index in [1.807, 2.05) is 12.1 Å². The summed E-state index contributed by atoms with van der Waals surface area (Å²) >= 11 is 3.40. The molecule has 13 heavy (non-hydrogen) atoms. The van der Waals surface area contributed by atoms with Crippen molar-refractivity contribution in [3.63, 3.8) is 0 Å². The van der Waals surface area contributed by atoms with Crippen LogP contribution in [0.5, 0.6) is 0 Å². The molecule has 0 heterocycles. The van der Waals surface area contributed by atoms with E-state index in [-0.39, 0.29) is 6.04 Å². The fourth-order valence-electron chi connectivity index (χ4n) is 1.85. The molecule has 0 saturated carbocycles. The second-order valence-corrected chi connectivity index (χ2v) is 4.27. The Morgan fingerprint density at radius 1 is 1.46 bits per heavy atom. The molecular formula is C10H10BrNO. The molecule has 1 atom stereocenters. The average molecular weight is 240 g/mol. The summed E-state index contributed by atoms with van der Waals surface area (Å²) in [5, 5.41) is 3.16. The number of nitrogens with zero attached hydrogens (tertiary/aromatic N) is 1. The Bertz CT molecular complexity index is 338. The van der Waals surface area contributed by atoms with Crippen molar-refractivity contribution in [1.82, 2.24) is 0 Å².